The van der Waals surface area contributed by atoms with Gasteiger partial charge in [0.25, 0.3) is 0 Å². The van der Waals surface area contributed by atoms with Crippen LogP contribution in [0.4, 0.5) is 0 Å². The van der Waals surface area contributed by atoms with E-state index in [1.807, 2.05) is 33.9 Å². The van der Waals surface area contributed by atoms with Gasteiger partial charge in [0.05, 0.1) is 6.10 Å². The summed E-state index contributed by atoms with van der Waals surface area (Å²) in [5.41, 5.74) is 1.26. The largest absolute Gasteiger partial charge is 0.388 e. The van der Waals surface area contributed by atoms with E-state index in [0.717, 1.165) is 13.1 Å². The smallest absolute Gasteiger partial charge is 0.0850 e. The Balaban J connectivity index is 0.000000461. The summed E-state index contributed by atoms with van der Waals surface area (Å²) in [6.07, 6.45) is 1.67. The minimum Gasteiger partial charge on any atom is -0.388 e. The summed E-state index contributed by atoms with van der Waals surface area (Å²) in [7, 11) is 2.01. The van der Waals surface area contributed by atoms with Gasteiger partial charge >= 0.3 is 0 Å². The second-order valence-corrected chi connectivity index (χ2v) is 2.78. The van der Waals surface area contributed by atoms with Crippen molar-refractivity contribution in [3.05, 3.63) is 11.6 Å². The van der Waals surface area contributed by atoms with E-state index in [-0.39, 0.29) is 6.10 Å². The van der Waals surface area contributed by atoms with E-state index < -0.39 is 0 Å². The third-order valence-electron chi connectivity index (χ3n) is 1.49. The maximum Gasteiger partial charge on any atom is 0.0850 e. The molecule has 1 aliphatic rings. The Hall–Kier alpha value is -0.340. The Morgan fingerprint density at radius 1 is 1.55 bits per heavy atom. The summed E-state index contributed by atoms with van der Waals surface area (Å²) in [6.45, 7) is 7.81. The van der Waals surface area contributed by atoms with Crippen LogP contribution in [0.3, 0.4) is 0 Å². The fourth-order valence-electron chi connectivity index (χ4n) is 1.24. The SMILES string of the molecule is CC.CC1=CC(O)CN(C)C1. The molecule has 2 heteroatoms. The molecule has 0 aromatic carbocycles. The highest BCUT2D eigenvalue weighted by atomic mass is 16.3. The van der Waals surface area contributed by atoms with Crippen LogP contribution in [0, 0.1) is 0 Å². The van der Waals surface area contributed by atoms with Crippen LogP contribution in [-0.4, -0.2) is 36.2 Å². The van der Waals surface area contributed by atoms with Crippen molar-refractivity contribution >= 4 is 0 Å². The lowest BCUT2D eigenvalue weighted by atomic mass is 10.1. The molecule has 1 unspecified atom stereocenters. The number of likely N-dealkylation sites (N-methyl/N-ethyl adjacent to an activating group) is 1. The molecule has 0 fully saturated rings. The molecule has 0 saturated carbocycles. The lowest BCUT2D eigenvalue weighted by molar-refractivity contribution is 0.157. The van der Waals surface area contributed by atoms with Gasteiger partial charge in [-0.15, -0.1) is 0 Å². The number of aliphatic hydroxyl groups is 1. The highest BCUT2D eigenvalue weighted by Crippen LogP contribution is 2.06. The normalized spacial score (nSPS) is 25.2. The van der Waals surface area contributed by atoms with Crippen LogP contribution in [0.1, 0.15) is 20.8 Å². The van der Waals surface area contributed by atoms with E-state index in [2.05, 4.69) is 4.90 Å². The van der Waals surface area contributed by atoms with Crippen molar-refractivity contribution in [1.82, 2.24) is 4.90 Å². The van der Waals surface area contributed by atoms with Gasteiger partial charge in [0.2, 0.25) is 0 Å². The zero-order valence-corrected chi connectivity index (χ0v) is 7.96. The monoisotopic (exact) mass is 157 g/mol. The predicted molar refractivity (Wildman–Crippen MR) is 48.6 cm³/mol. The highest BCUT2D eigenvalue weighted by Gasteiger charge is 2.11. The first-order valence-corrected chi connectivity index (χ1v) is 4.22. The molecule has 1 atom stereocenters. The molecule has 1 rings (SSSR count). The Labute approximate surface area is 69.5 Å². The van der Waals surface area contributed by atoms with Gasteiger partial charge in [-0.25, -0.2) is 0 Å². The van der Waals surface area contributed by atoms with Crippen LogP contribution in [0.25, 0.3) is 0 Å². The van der Waals surface area contributed by atoms with E-state index >= 15 is 0 Å². The molecule has 0 aromatic rings. The van der Waals surface area contributed by atoms with Crippen LogP contribution in [0.15, 0.2) is 11.6 Å². The topological polar surface area (TPSA) is 23.5 Å². The number of β-amino-alcohol motifs (C(OH)–C–C–N with tert-alkyl or cyclic N) is 1. The standard InChI is InChI=1S/C7H13NO.C2H6/c1-6-3-7(9)5-8(2)4-6;1-2/h3,7,9H,4-5H2,1-2H3;1-2H3. The van der Waals surface area contributed by atoms with E-state index in [1.54, 1.807) is 0 Å². The molecule has 66 valence electrons. The number of hydrogen-bond acceptors (Lipinski definition) is 2. The molecule has 1 N–H and O–H groups in total. The van der Waals surface area contributed by atoms with Gasteiger partial charge in [-0.3, -0.25) is 4.90 Å². The molecule has 0 bridgehead atoms. The first-order chi connectivity index (χ1) is 5.18. The minimum absolute atomic E-state index is 0.247. The van der Waals surface area contributed by atoms with Gasteiger partial charge in [0.15, 0.2) is 0 Å². The lowest BCUT2D eigenvalue weighted by Crippen LogP contribution is -2.33. The van der Waals surface area contributed by atoms with Crippen molar-refractivity contribution in [2.45, 2.75) is 26.9 Å². The summed E-state index contributed by atoms with van der Waals surface area (Å²) in [5.74, 6) is 0. The molecule has 0 amide bonds. The molecule has 2 nitrogen and oxygen atoms in total. The Bertz CT molecular complexity index is 132. The van der Waals surface area contributed by atoms with Gasteiger partial charge in [-0.1, -0.05) is 25.5 Å². The van der Waals surface area contributed by atoms with Crippen LogP contribution in [0.2, 0.25) is 0 Å². The van der Waals surface area contributed by atoms with Crippen molar-refractivity contribution in [3.8, 4) is 0 Å². The van der Waals surface area contributed by atoms with Gasteiger partial charge in [-0.2, -0.15) is 0 Å². The number of aliphatic hydroxyl groups excluding tert-OH is 1. The number of hydrogen-bond donors (Lipinski definition) is 1. The second kappa shape index (κ2) is 5.33. The van der Waals surface area contributed by atoms with Gasteiger partial charge in [0, 0.05) is 13.1 Å². The van der Waals surface area contributed by atoms with Crippen molar-refractivity contribution < 1.29 is 5.11 Å². The molecule has 0 spiro atoms. The van der Waals surface area contributed by atoms with Crippen molar-refractivity contribution in [1.29, 1.82) is 0 Å². The van der Waals surface area contributed by atoms with Crippen molar-refractivity contribution in [2.75, 3.05) is 20.1 Å². The van der Waals surface area contributed by atoms with Gasteiger partial charge in [0.1, 0.15) is 0 Å². The summed E-state index contributed by atoms with van der Waals surface area (Å²) in [4.78, 5) is 2.11. The third-order valence-corrected chi connectivity index (χ3v) is 1.49. The molecule has 0 aliphatic carbocycles. The van der Waals surface area contributed by atoms with Crippen LogP contribution < -0.4 is 0 Å². The zero-order chi connectivity index (χ0) is 8.85. The maximum atomic E-state index is 9.13. The van der Waals surface area contributed by atoms with E-state index in [1.165, 1.54) is 5.57 Å². The minimum atomic E-state index is -0.247. The highest BCUT2D eigenvalue weighted by molar-refractivity contribution is 5.08. The van der Waals surface area contributed by atoms with Crippen LogP contribution in [0.5, 0.6) is 0 Å². The molecule has 1 aliphatic heterocycles. The Morgan fingerprint density at radius 2 is 2.09 bits per heavy atom. The van der Waals surface area contributed by atoms with Crippen molar-refractivity contribution in [2.24, 2.45) is 0 Å². The molecule has 0 aromatic heterocycles. The van der Waals surface area contributed by atoms with Crippen LogP contribution >= 0.6 is 0 Å². The summed E-state index contributed by atoms with van der Waals surface area (Å²) in [5, 5.41) is 9.13. The maximum absolute atomic E-state index is 9.13. The lowest BCUT2D eigenvalue weighted by Gasteiger charge is -2.24. The molecule has 1 heterocycles. The van der Waals surface area contributed by atoms with Crippen LogP contribution in [-0.2, 0) is 0 Å². The average Bonchev–Trinajstić information content (AvgIpc) is 1.88. The van der Waals surface area contributed by atoms with Crippen molar-refractivity contribution in [3.63, 3.8) is 0 Å². The summed E-state index contributed by atoms with van der Waals surface area (Å²) in [6, 6.07) is 0. The quantitative estimate of drug-likeness (QED) is 0.535. The van der Waals surface area contributed by atoms with Gasteiger partial charge in [-0.05, 0) is 14.0 Å². The second-order valence-electron chi connectivity index (χ2n) is 2.78. The molecule has 11 heavy (non-hydrogen) atoms. The Morgan fingerprint density at radius 3 is 2.45 bits per heavy atom. The Kier molecular flexibility index (Phi) is 5.16. The summed E-state index contributed by atoms with van der Waals surface area (Å²) < 4.78 is 0. The molecule has 0 saturated heterocycles. The zero-order valence-electron chi connectivity index (χ0n) is 7.96. The van der Waals surface area contributed by atoms with E-state index in [0.29, 0.717) is 0 Å². The predicted octanol–water partition coefficient (Wildman–Crippen LogP) is 1.27. The molecular weight excluding hydrogens is 138 g/mol. The van der Waals surface area contributed by atoms with E-state index in [4.69, 9.17) is 5.11 Å². The number of rotatable bonds is 0. The third kappa shape index (κ3) is 4.17. The molecule has 0 radical (unpaired) electrons. The van der Waals surface area contributed by atoms with Gasteiger partial charge < -0.3 is 5.11 Å². The summed E-state index contributed by atoms with van der Waals surface area (Å²) >= 11 is 0. The first kappa shape index (κ1) is 10.7. The van der Waals surface area contributed by atoms with E-state index in [9.17, 15) is 0 Å². The fourth-order valence-corrected chi connectivity index (χ4v) is 1.24. The first-order valence-electron chi connectivity index (χ1n) is 4.22. The number of nitrogens with zero attached hydrogens (tertiary/aromatic N) is 1. The fraction of sp³-hybridized carbons (Fsp3) is 0.778. The average molecular weight is 157 g/mol. The molecular formula is C9H19NO.